The van der Waals surface area contributed by atoms with Crippen LogP contribution in [0.3, 0.4) is 0 Å². The molecule has 6 nitrogen and oxygen atoms in total. The maximum absolute atomic E-state index is 12.5. The van der Waals surface area contributed by atoms with Crippen molar-refractivity contribution in [1.82, 2.24) is 14.3 Å². The van der Waals surface area contributed by atoms with Gasteiger partial charge in [-0.2, -0.15) is 8.78 Å². The summed E-state index contributed by atoms with van der Waals surface area (Å²) in [4.78, 5) is 19.5. The van der Waals surface area contributed by atoms with Gasteiger partial charge in [0.05, 0.1) is 24.5 Å². The van der Waals surface area contributed by atoms with E-state index in [9.17, 15) is 13.6 Å². The Bertz CT molecular complexity index is 1030. The zero-order valence-electron chi connectivity index (χ0n) is 16.3. The summed E-state index contributed by atoms with van der Waals surface area (Å²) in [6.07, 6.45) is 4.97. The van der Waals surface area contributed by atoms with Crippen molar-refractivity contribution in [3.8, 4) is 11.5 Å². The minimum Gasteiger partial charge on any atom is -0.490 e. The number of hydrogen-bond donors (Lipinski definition) is 0. The zero-order valence-corrected chi connectivity index (χ0v) is 17.1. The van der Waals surface area contributed by atoms with E-state index in [0.717, 1.165) is 16.3 Å². The summed E-state index contributed by atoms with van der Waals surface area (Å²) in [7, 11) is 1.71. The lowest BCUT2D eigenvalue weighted by molar-refractivity contribution is -0.125. The molecule has 0 radical (unpaired) electrons. The first-order chi connectivity index (χ1) is 13.9. The Morgan fingerprint density at radius 1 is 1.38 bits per heavy atom. The van der Waals surface area contributed by atoms with Gasteiger partial charge in [-0.3, -0.25) is 9.20 Å². The Morgan fingerprint density at radius 2 is 2.17 bits per heavy atom. The van der Waals surface area contributed by atoms with Crippen LogP contribution in [0.2, 0.25) is 0 Å². The third kappa shape index (κ3) is 4.92. The van der Waals surface area contributed by atoms with Crippen LogP contribution in [0.1, 0.15) is 23.9 Å². The van der Waals surface area contributed by atoms with Crippen LogP contribution in [0.5, 0.6) is 11.5 Å². The topological polar surface area (TPSA) is 56.1 Å². The Hall–Kier alpha value is -2.94. The molecule has 9 heteroatoms. The summed E-state index contributed by atoms with van der Waals surface area (Å²) < 4.78 is 36.8. The Kier molecular flexibility index (Phi) is 6.48. The summed E-state index contributed by atoms with van der Waals surface area (Å²) in [5.41, 5.74) is 2.48. The van der Waals surface area contributed by atoms with Gasteiger partial charge in [0.25, 0.3) is 0 Å². The predicted molar refractivity (Wildman–Crippen MR) is 108 cm³/mol. The smallest absolute Gasteiger partial charge is 0.387 e. The maximum Gasteiger partial charge on any atom is 0.387 e. The third-order valence-corrected chi connectivity index (χ3v) is 4.98. The quantitative estimate of drug-likeness (QED) is 0.507. The molecule has 1 aromatic carbocycles. The molecule has 0 aliphatic heterocycles. The van der Waals surface area contributed by atoms with Gasteiger partial charge in [-0.1, -0.05) is 6.07 Å². The minimum absolute atomic E-state index is 0.0431. The first kappa shape index (κ1) is 20.8. The molecule has 0 N–H and O–H groups in total. The fourth-order valence-electron chi connectivity index (χ4n) is 2.82. The van der Waals surface area contributed by atoms with E-state index < -0.39 is 6.61 Å². The number of thiazole rings is 1. The number of alkyl halides is 2. The molecule has 0 unspecified atom stereocenters. The summed E-state index contributed by atoms with van der Waals surface area (Å²) in [5, 5.41) is 1.95. The molecule has 0 saturated carbocycles. The lowest BCUT2D eigenvalue weighted by Gasteiger charge is -2.15. The number of hydrogen-bond acceptors (Lipinski definition) is 5. The normalized spacial score (nSPS) is 11.5. The van der Waals surface area contributed by atoms with E-state index in [0.29, 0.717) is 18.7 Å². The third-order valence-electron chi connectivity index (χ3n) is 4.23. The summed E-state index contributed by atoms with van der Waals surface area (Å²) in [6, 6.07) is 4.54. The molecule has 0 saturated heterocycles. The average molecular weight is 421 g/mol. The molecule has 0 atom stereocenters. The second-order valence-electron chi connectivity index (χ2n) is 6.24. The molecular weight excluding hydrogens is 400 g/mol. The van der Waals surface area contributed by atoms with Gasteiger partial charge in [-0.25, -0.2) is 4.98 Å². The lowest BCUT2D eigenvalue weighted by atomic mass is 10.2. The SMILES string of the molecule is CCOc1cc(C=CC(=O)N(C)Cc2c(C)nc3sccn23)ccc1OC(F)F. The first-order valence-corrected chi connectivity index (χ1v) is 9.83. The fraction of sp³-hybridized carbons (Fsp3) is 0.300. The van der Waals surface area contributed by atoms with E-state index >= 15 is 0 Å². The van der Waals surface area contributed by atoms with Crippen LogP contribution >= 0.6 is 11.3 Å². The lowest BCUT2D eigenvalue weighted by Crippen LogP contribution is -2.25. The number of halogens is 2. The second kappa shape index (κ2) is 9.04. The molecule has 3 rings (SSSR count). The number of aryl methyl sites for hydroxylation is 1. The summed E-state index contributed by atoms with van der Waals surface area (Å²) in [6.45, 7) is 1.44. The molecule has 2 heterocycles. The van der Waals surface area contributed by atoms with Crippen molar-refractivity contribution in [1.29, 1.82) is 0 Å². The van der Waals surface area contributed by atoms with Gasteiger partial charge in [0, 0.05) is 24.7 Å². The van der Waals surface area contributed by atoms with Crippen LogP contribution in [0.4, 0.5) is 8.78 Å². The van der Waals surface area contributed by atoms with E-state index in [1.165, 1.54) is 12.1 Å². The Morgan fingerprint density at radius 3 is 2.90 bits per heavy atom. The average Bonchev–Trinajstić information content (AvgIpc) is 3.23. The van der Waals surface area contributed by atoms with Crippen molar-refractivity contribution in [3.05, 3.63) is 52.8 Å². The molecule has 0 aliphatic carbocycles. The minimum atomic E-state index is -2.94. The van der Waals surface area contributed by atoms with Gasteiger partial charge < -0.3 is 14.4 Å². The molecule has 0 fully saturated rings. The summed E-state index contributed by atoms with van der Waals surface area (Å²) >= 11 is 1.54. The molecule has 0 spiro atoms. The van der Waals surface area contributed by atoms with Gasteiger partial charge in [0.15, 0.2) is 16.5 Å². The van der Waals surface area contributed by atoms with Crippen molar-refractivity contribution in [2.75, 3.05) is 13.7 Å². The van der Waals surface area contributed by atoms with Crippen LogP contribution in [-0.4, -0.2) is 40.5 Å². The van der Waals surface area contributed by atoms with Gasteiger partial charge in [0.2, 0.25) is 5.91 Å². The van der Waals surface area contributed by atoms with Crippen LogP contribution < -0.4 is 9.47 Å². The van der Waals surface area contributed by atoms with Gasteiger partial charge in [0.1, 0.15) is 0 Å². The Balaban J connectivity index is 1.71. The molecule has 3 aromatic rings. The van der Waals surface area contributed by atoms with Crippen LogP contribution in [-0.2, 0) is 11.3 Å². The fourth-order valence-corrected chi connectivity index (χ4v) is 3.60. The van der Waals surface area contributed by atoms with Gasteiger partial charge in [-0.05, 0) is 37.6 Å². The molecular formula is C20H21F2N3O3S. The van der Waals surface area contributed by atoms with Crippen molar-refractivity contribution >= 4 is 28.3 Å². The number of aromatic nitrogens is 2. The highest BCUT2D eigenvalue weighted by atomic mass is 32.1. The maximum atomic E-state index is 12.5. The molecule has 154 valence electrons. The predicted octanol–water partition coefficient (Wildman–Crippen LogP) is 4.38. The van der Waals surface area contributed by atoms with Crippen LogP contribution in [0.25, 0.3) is 11.0 Å². The van der Waals surface area contributed by atoms with E-state index in [4.69, 9.17) is 4.74 Å². The monoisotopic (exact) mass is 421 g/mol. The number of nitrogens with zero attached hydrogens (tertiary/aromatic N) is 3. The highest BCUT2D eigenvalue weighted by molar-refractivity contribution is 7.15. The number of carbonyl (C=O) groups is 1. The van der Waals surface area contributed by atoms with E-state index in [-0.39, 0.29) is 17.4 Å². The number of carbonyl (C=O) groups excluding carboxylic acids is 1. The van der Waals surface area contributed by atoms with Crippen LogP contribution in [0, 0.1) is 6.92 Å². The highest BCUT2D eigenvalue weighted by Crippen LogP contribution is 2.30. The van der Waals surface area contributed by atoms with Gasteiger partial charge >= 0.3 is 6.61 Å². The molecule has 29 heavy (non-hydrogen) atoms. The number of ether oxygens (including phenoxy) is 2. The van der Waals surface area contributed by atoms with Crippen molar-refractivity contribution in [2.24, 2.45) is 0 Å². The van der Waals surface area contributed by atoms with Crippen molar-refractivity contribution in [2.45, 2.75) is 27.0 Å². The Labute approximate surface area is 171 Å². The molecule has 1 amide bonds. The number of fused-ring (bicyclic) bond motifs is 1. The summed E-state index contributed by atoms with van der Waals surface area (Å²) in [5.74, 6) is -0.0376. The van der Waals surface area contributed by atoms with E-state index in [1.807, 2.05) is 22.9 Å². The number of likely N-dealkylation sites (N-methyl/N-ethyl adjacent to an activating group) is 1. The highest BCUT2D eigenvalue weighted by Gasteiger charge is 2.14. The van der Waals surface area contributed by atoms with E-state index in [2.05, 4.69) is 9.72 Å². The number of benzene rings is 1. The van der Waals surface area contributed by atoms with Crippen molar-refractivity contribution < 1.29 is 23.0 Å². The second-order valence-corrected chi connectivity index (χ2v) is 7.12. The van der Waals surface area contributed by atoms with Gasteiger partial charge in [-0.15, -0.1) is 11.3 Å². The first-order valence-electron chi connectivity index (χ1n) is 8.95. The molecule has 0 bridgehead atoms. The standard InChI is InChI=1S/C20H21F2N3O3S/c1-4-27-17-11-14(5-7-16(17)28-19(21)22)6-8-18(26)24(3)12-15-13(2)23-20-25(15)9-10-29-20/h5-11,19H,4,12H2,1-3H3. The zero-order chi connectivity index (χ0) is 21.0. The largest absolute Gasteiger partial charge is 0.490 e. The van der Waals surface area contributed by atoms with Crippen molar-refractivity contribution in [3.63, 3.8) is 0 Å². The van der Waals surface area contributed by atoms with E-state index in [1.54, 1.807) is 48.4 Å². The molecule has 2 aromatic heterocycles. The molecule has 0 aliphatic rings. The number of rotatable bonds is 8. The number of imidazole rings is 1. The number of amides is 1. The van der Waals surface area contributed by atoms with Crippen LogP contribution in [0.15, 0.2) is 35.9 Å².